The van der Waals surface area contributed by atoms with Gasteiger partial charge in [-0.05, 0) is 31.2 Å². The van der Waals surface area contributed by atoms with E-state index in [1.807, 2.05) is 30.3 Å². The van der Waals surface area contributed by atoms with Crippen LogP contribution in [0.5, 0.6) is 0 Å². The molecule has 1 aromatic rings. The second-order valence-electron chi connectivity index (χ2n) is 5.47. The molecule has 0 aromatic heterocycles. The van der Waals surface area contributed by atoms with Crippen molar-refractivity contribution in [3.63, 3.8) is 0 Å². The van der Waals surface area contributed by atoms with E-state index < -0.39 is 17.7 Å². The van der Waals surface area contributed by atoms with Gasteiger partial charge >= 0.3 is 0 Å². The number of hydrogen-bond donors (Lipinski definition) is 2. The van der Waals surface area contributed by atoms with Crippen LogP contribution in [0.2, 0.25) is 0 Å². The molecule has 2 N–H and O–H groups in total. The van der Waals surface area contributed by atoms with E-state index in [1.54, 1.807) is 0 Å². The Morgan fingerprint density at radius 1 is 1.19 bits per heavy atom. The number of nitrogens with one attached hydrogen (secondary N) is 2. The van der Waals surface area contributed by atoms with Crippen molar-refractivity contribution in [2.45, 2.75) is 32.2 Å². The zero-order valence-corrected chi connectivity index (χ0v) is 12.1. The second-order valence-corrected chi connectivity index (χ2v) is 5.47. The van der Waals surface area contributed by atoms with Crippen LogP contribution in [0.1, 0.15) is 25.3 Å². The van der Waals surface area contributed by atoms with Gasteiger partial charge in [-0.25, -0.2) is 0 Å². The third-order valence-electron chi connectivity index (χ3n) is 3.45. The molecule has 2 amide bonds. The lowest BCUT2D eigenvalue weighted by molar-refractivity contribution is -0.139. The molecule has 21 heavy (non-hydrogen) atoms. The van der Waals surface area contributed by atoms with Gasteiger partial charge in [0.05, 0.1) is 12.5 Å². The molecule has 0 saturated heterocycles. The topological polar surface area (TPSA) is 75.3 Å². The number of carbonyl (C=O) groups is 3. The van der Waals surface area contributed by atoms with Gasteiger partial charge in [0, 0.05) is 6.54 Å². The molecule has 0 heterocycles. The molecule has 0 aliphatic heterocycles. The lowest BCUT2D eigenvalue weighted by Gasteiger charge is -2.12. The number of rotatable bonds is 7. The number of Topliss-reactive ketones (excluding diaryl/α,β-unsaturated/α-hetero) is 1. The first-order valence-electron chi connectivity index (χ1n) is 7.21. The molecule has 1 unspecified atom stereocenters. The maximum absolute atomic E-state index is 11.8. The standard InChI is InChI=1S/C16H20N2O3/c1-11(15(20)16(21)17-10-13-7-8-13)18-14(19)9-12-5-3-2-4-6-12/h2-6,11,13H,7-10H2,1H3,(H,17,21)(H,18,19). The van der Waals surface area contributed by atoms with Crippen LogP contribution in [-0.4, -0.2) is 30.2 Å². The van der Waals surface area contributed by atoms with Gasteiger partial charge in [-0.3, -0.25) is 14.4 Å². The van der Waals surface area contributed by atoms with E-state index in [0.717, 1.165) is 18.4 Å². The molecule has 112 valence electrons. The monoisotopic (exact) mass is 288 g/mol. The highest BCUT2D eigenvalue weighted by atomic mass is 16.2. The smallest absolute Gasteiger partial charge is 0.289 e. The van der Waals surface area contributed by atoms with Crippen LogP contribution >= 0.6 is 0 Å². The van der Waals surface area contributed by atoms with Crippen molar-refractivity contribution in [2.75, 3.05) is 6.54 Å². The largest absolute Gasteiger partial charge is 0.349 e. The summed E-state index contributed by atoms with van der Waals surface area (Å²) < 4.78 is 0. The van der Waals surface area contributed by atoms with Crippen LogP contribution in [0.4, 0.5) is 0 Å². The highest BCUT2D eigenvalue weighted by Crippen LogP contribution is 2.27. The number of ketones is 1. The van der Waals surface area contributed by atoms with E-state index in [0.29, 0.717) is 12.5 Å². The van der Waals surface area contributed by atoms with Crippen molar-refractivity contribution >= 4 is 17.6 Å². The van der Waals surface area contributed by atoms with Crippen LogP contribution in [0.25, 0.3) is 0 Å². The lowest BCUT2D eigenvalue weighted by atomic mass is 10.1. The molecule has 1 aliphatic carbocycles. The van der Waals surface area contributed by atoms with Crippen molar-refractivity contribution in [3.8, 4) is 0 Å². The zero-order chi connectivity index (χ0) is 15.2. The van der Waals surface area contributed by atoms with Gasteiger partial charge in [-0.15, -0.1) is 0 Å². The summed E-state index contributed by atoms with van der Waals surface area (Å²) in [4.78, 5) is 35.3. The van der Waals surface area contributed by atoms with E-state index in [9.17, 15) is 14.4 Å². The molecule has 0 radical (unpaired) electrons. The van der Waals surface area contributed by atoms with E-state index in [-0.39, 0.29) is 12.3 Å². The van der Waals surface area contributed by atoms with Gasteiger partial charge in [-0.2, -0.15) is 0 Å². The van der Waals surface area contributed by atoms with Crippen molar-refractivity contribution < 1.29 is 14.4 Å². The Morgan fingerprint density at radius 3 is 2.48 bits per heavy atom. The fraction of sp³-hybridized carbons (Fsp3) is 0.438. The van der Waals surface area contributed by atoms with Crippen LogP contribution in [0.3, 0.4) is 0 Å². The maximum atomic E-state index is 11.8. The summed E-state index contributed by atoms with van der Waals surface area (Å²) in [6, 6.07) is 8.45. The highest BCUT2D eigenvalue weighted by Gasteiger charge is 2.26. The van der Waals surface area contributed by atoms with Crippen LogP contribution in [0.15, 0.2) is 30.3 Å². The summed E-state index contributed by atoms with van der Waals surface area (Å²) in [5.74, 6) is -0.965. The molecular formula is C16H20N2O3. The molecule has 1 atom stereocenters. The quantitative estimate of drug-likeness (QED) is 0.730. The average molecular weight is 288 g/mol. The van der Waals surface area contributed by atoms with Gasteiger partial charge in [0.25, 0.3) is 5.91 Å². The normalized spacial score (nSPS) is 15.1. The van der Waals surface area contributed by atoms with Crippen LogP contribution in [0, 0.1) is 5.92 Å². The molecule has 1 aliphatic rings. The van der Waals surface area contributed by atoms with Crippen LogP contribution < -0.4 is 10.6 Å². The van der Waals surface area contributed by atoms with Gasteiger partial charge in [0.15, 0.2) is 0 Å². The van der Waals surface area contributed by atoms with Gasteiger partial charge < -0.3 is 10.6 Å². The third kappa shape index (κ3) is 5.02. The number of hydrogen-bond acceptors (Lipinski definition) is 3. The molecule has 5 nitrogen and oxygen atoms in total. The Kier molecular flexibility index (Phi) is 5.09. The minimum absolute atomic E-state index is 0.197. The maximum Gasteiger partial charge on any atom is 0.289 e. The Hall–Kier alpha value is -2.17. The van der Waals surface area contributed by atoms with E-state index >= 15 is 0 Å². The first-order chi connectivity index (χ1) is 10.1. The molecule has 0 bridgehead atoms. The summed E-state index contributed by atoms with van der Waals surface area (Å²) in [6.45, 7) is 2.08. The molecule has 0 spiro atoms. The fourth-order valence-corrected chi connectivity index (χ4v) is 1.98. The Balaban J connectivity index is 1.76. The first kappa shape index (κ1) is 15.2. The SMILES string of the molecule is CC(NC(=O)Cc1ccccc1)C(=O)C(=O)NCC1CC1. The van der Waals surface area contributed by atoms with Gasteiger partial charge in [0.2, 0.25) is 11.7 Å². The van der Waals surface area contributed by atoms with Crippen molar-refractivity contribution in [2.24, 2.45) is 5.92 Å². The van der Waals surface area contributed by atoms with E-state index in [1.165, 1.54) is 6.92 Å². The molecule has 1 aromatic carbocycles. The summed E-state index contributed by atoms with van der Waals surface area (Å²) in [5, 5.41) is 5.17. The van der Waals surface area contributed by atoms with Gasteiger partial charge in [0.1, 0.15) is 0 Å². The summed E-state index contributed by atoms with van der Waals surface area (Å²) in [6.07, 6.45) is 2.41. The zero-order valence-electron chi connectivity index (χ0n) is 12.1. The molecule has 1 saturated carbocycles. The van der Waals surface area contributed by atoms with Crippen molar-refractivity contribution in [1.29, 1.82) is 0 Å². The van der Waals surface area contributed by atoms with Crippen molar-refractivity contribution in [1.82, 2.24) is 10.6 Å². The predicted octanol–water partition coefficient (Wildman–Crippen LogP) is 0.829. The number of carbonyl (C=O) groups excluding carboxylic acids is 3. The Morgan fingerprint density at radius 2 is 1.86 bits per heavy atom. The highest BCUT2D eigenvalue weighted by molar-refractivity contribution is 6.38. The minimum Gasteiger partial charge on any atom is -0.349 e. The molecule has 1 fully saturated rings. The minimum atomic E-state index is -0.805. The van der Waals surface area contributed by atoms with Crippen LogP contribution in [-0.2, 0) is 20.8 Å². The second kappa shape index (κ2) is 7.02. The lowest BCUT2D eigenvalue weighted by Crippen LogP contribution is -2.46. The molecule has 5 heteroatoms. The fourth-order valence-electron chi connectivity index (χ4n) is 1.98. The van der Waals surface area contributed by atoms with Crippen molar-refractivity contribution in [3.05, 3.63) is 35.9 Å². The van der Waals surface area contributed by atoms with Gasteiger partial charge in [-0.1, -0.05) is 30.3 Å². The molecular weight excluding hydrogens is 268 g/mol. The number of benzene rings is 1. The summed E-state index contributed by atoms with van der Waals surface area (Å²) in [7, 11) is 0. The Labute approximate surface area is 124 Å². The molecule has 2 rings (SSSR count). The predicted molar refractivity (Wildman–Crippen MR) is 78.5 cm³/mol. The van der Waals surface area contributed by atoms with E-state index in [4.69, 9.17) is 0 Å². The number of amides is 2. The third-order valence-corrected chi connectivity index (χ3v) is 3.45. The van der Waals surface area contributed by atoms with E-state index in [2.05, 4.69) is 10.6 Å². The Bertz CT molecular complexity index is 524. The summed E-state index contributed by atoms with van der Waals surface area (Å²) >= 11 is 0. The summed E-state index contributed by atoms with van der Waals surface area (Å²) in [5.41, 5.74) is 0.868. The first-order valence-corrected chi connectivity index (χ1v) is 7.21. The average Bonchev–Trinajstić information content (AvgIpc) is 3.29.